The van der Waals surface area contributed by atoms with Gasteiger partial charge < -0.3 is 13.9 Å². The number of aromatic nitrogens is 2. The summed E-state index contributed by atoms with van der Waals surface area (Å²) in [4.78, 5) is 39.2. The van der Waals surface area contributed by atoms with Gasteiger partial charge in [-0.3, -0.25) is 19.1 Å². The number of ether oxygens (including phenoxy) is 2. The van der Waals surface area contributed by atoms with E-state index in [0.29, 0.717) is 5.56 Å². The average Bonchev–Trinajstić information content (AvgIpc) is 3.40. The number of nitrogens with one attached hydrogen (secondary N) is 1. The molecule has 3 aromatic rings. The van der Waals surface area contributed by atoms with Crippen molar-refractivity contribution in [3.8, 4) is 0 Å². The second-order valence-electron chi connectivity index (χ2n) is 10.8. The molecule has 9 heteroatoms. The molecule has 0 saturated carbocycles. The molecule has 0 radical (unpaired) electrons. The van der Waals surface area contributed by atoms with Crippen LogP contribution in [0.25, 0.3) is 0 Å². The summed E-state index contributed by atoms with van der Waals surface area (Å²) in [6.07, 6.45) is -0.239. The molecule has 2 aliphatic heterocycles. The van der Waals surface area contributed by atoms with Crippen molar-refractivity contribution in [3.63, 3.8) is 0 Å². The highest BCUT2D eigenvalue weighted by molar-refractivity contribution is 6.99. The lowest BCUT2D eigenvalue weighted by atomic mass is 9.99. The molecule has 2 fully saturated rings. The van der Waals surface area contributed by atoms with E-state index in [1.807, 2.05) is 36.4 Å². The van der Waals surface area contributed by atoms with Gasteiger partial charge in [0.1, 0.15) is 18.4 Å². The number of hydrogen-bond donors (Lipinski definition) is 1. The number of aryl methyl sites for hydroxylation is 1. The Labute approximate surface area is 216 Å². The Hall–Kier alpha value is -3.27. The first-order valence-corrected chi connectivity index (χ1v) is 14.4. The van der Waals surface area contributed by atoms with Crippen LogP contribution >= 0.6 is 0 Å². The highest BCUT2D eigenvalue weighted by Gasteiger charge is 2.55. The van der Waals surface area contributed by atoms with Crippen LogP contribution in [0, 0.1) is 12.8 Å². The van der Waals surface area contributed by atoms with Crippen molar-refractivity contribution < 1.29 is 18.7 Å². The van der Waals surface area contributed by atoms with E-state index in [4.69, 9.17) is 13.9 Å². The molecule has 2 aromatic carbocycles. The number of rotatable bonds is 6. The van der Waals surface area contributed by atoms with Crippen LogP contribution in [0.3, 0.4) is 0 Å². The van der Waals surface area contributed by atoms with Gasteiger partial charge in [-0.2, -0.15) is 0 Å². The summed E-state index contributed by atoms with van der Waals surface area (Å²) in [5.74, 6) is -0.684. The van der Waals surface area contributed by atoms with Crippen molar-refractivity contribution >= 4 is 24.7 Å². The average molecular weight is 521 g/mol. The summed E-state index contributed by atoms with van der Waals surface area (Å²) >= 11 is 0. The molecule has 0 bridgehead atoms. The van der Waals surface area contributed by atoms with E-state index in [1.165, 1.54) is 10.8 Å². The minimum absolute atomic E-state index is 0.135. The van der Waals surface area contributed by atoms with E-state index >= 15 is 0 Å². The summed E-state index contributed by atoms with van der Waals surface area (Å²) < 4.78 is 20.5. The molecule has 3 heterocycles. The number of nitrogens with zero attached hydrogens (tertiary/aromatic N) is 1. The van der Waals surface area contributed by atoms with Gasteiger partial charge in [0, 0.05) is 11.8 Å². The van der Waals surface area contributed by atoms with Gasteiger partial charge in [0.15, 0.2) is 0 Å². The maximum absolute atomic E-state index is 12.7. The van der Waals surface area contributed by atoms with Gasteiger partial charge in [-0.05, 0) is 22.3 Å². The first kappa shape index (κ1) is 25.4. The van der Waals surface area contributed by atoms with Crippen molar-refractivity contribution in [3.05, 3.63) is 93.3 Å². The number of benzene rings is 2. The third-order valence-corrected chi connectivity index (χ3v) is 12.4. The van der Waals surface area contributed by atoms with Gasteiger partial charge >= 0.3 is 11.7 Å². The molecule has 2 saturated heterocycles. The Bertz CT molecular complexity index is 1360. The molecular weight excluding hydrogens is 488 g/mol. The van der Waals surface area contributed by atoms with E-state index in [1.54, 1.807) is 6.92 Å². The molecular formula is C28H32N2O6Si. The number of hydrogen-bond acceptors (Lipinski definition) is 6. The number of H-pyrrole nitrogens is 1. The lowest BCUT2D eigenvalue weighted by Gasteiger charge is -2.43. The Morgan fingerprint density at radius 1 is 1.00 bits per heavy atom. The zero-order valence-corrected chi connectivity index (χ0v) is 22.5. The Morgan fingerprint density at radius 3 is 2.16 bits per heavy atom. The van der Waals surface area contributed by atoms with Crippen LogP contribution in [-0.2, 0) is 18.7 Å². The molecule has 37 heavy (non-hydrogen) atoms. The van der Waals surface area contributed by atoms with E-state index in [9.17, 15) is 14.4 Å². The van der Waals surface area contributed by atoms with Gasteiger partial charge in [0.2, 0.25) is 0 Å². The van der Waals surface area contributed by atoms with Crippen LogP contribution in [0.5, 0.6) is 0 Å². The molecule has 1 aromatic heterocycles. The number of carbonyl (C=O) groups is 1. The minimum Gasteiger partial charge on any atom is -0.459 e. The van der Waals surface area contributed by atoms with Crippen LogP contribution in [-0.4, -0.2) is 42.7 Å². The third-order valence-electron chi connectivity index (χ3n) is 7.44. The normalized spacial score (nSPS) is 23.6. The minimum atomic E-state index is -2.84. The van der Waals surface area contributed by atoms with Crippen molar-refractivity contribution in [2.24, 2.45) is 5.92 Å². The maximum atomic E-state index is 12.7. The summed E-state index contributed by atoms with van der Waals surface area (Å²) in [6, 6.07) is 20.5. The van der Waals surface area contributed by atoms with Crippen LogP contribution in [0.15, 0.2) is 76.4 Å². The molecule has 0 aliphatic carbocycles. The fraction of sp³-hybridized carbons (Fsp3) is 0.393. The summed E-state index contributed by atoms with van der Waals surface area (Å²) in [6.45, 7) is 8.40. The summed E-state index contributed by atoms with van der Waals surface area (Å²) in [5, 5.41) is 2.04. The molecule has 194 valence electrons. The van der Waals surface area contributed by atoms with E-state index in [-0.39, 0.29) is 30.0 Å². The third kappa shape index (κ3) is 4.41. The number of carbonyl (C=O) groups excluding carboxylic acids is 1. The molecule has 8 nitrogen and oxygen atoms in total. The predicted octanol–water partition coefficient (Wildman–Crippen LogP) is 2.25. The van der Waals surface area contributed by atoms with Crippen LogP contribution in [0.4, 0.5) is 0 Å². The Balaban J connectivity index is 1.52. The lowest BCUT2D eigenvalue weighted by molar-refractivity contribution is -0.147. The summed E-state index contributed by atoms with van der Waals surface area (Å²) in [7, 11) is -2.84. The highest BCUT2D eigenvalue weighted by atomic mass is 28.4. The SMILES string of the molecule is Cc1cn([C@@H]2O[C@H](CO[Si](c3ccccc3)(c3ccccc3)C(C)(C)C)[C@H]3OC(=O)C[C@H]32)c(=O)[nH]c1=O. The standard InChI is InChI=1S/C28H32N2O6Si/c1-18-16-30(27(33)29-25(18)32)26-21-15-23(31)36-24(21)22(35-26)17-34-37(28(2,3)4,19-11-7-5-8-12-19)20-13-9-6-10-14-20/h5-14,16,21-22,24,26H,15,17H2,1-4H3,(H,29,32,33)/t21-,22-,24+,26-/m1/s1. The number of esters is 1. The van der Waals surface area contributed by atoms with Gasteiger partial charge in [0.25, 0.3) is 13.9 Å². The van der Waals surface area contributed by atoms with Crippen molar-refractivity contribution in [1.29, 1.82) is 0 Å². The van der Waals surface area contributed by atoms with Gasteiger partial charge in [-0.1, -0.05) is 81.4 Å². The van der Waals surface area contributed by atoms with E-state index in [0.717, 1.165) is 10.4 Å². The van der Waals surface area contributed by atoms with E-state index in [2.05, 4.69) is 50.0 Å². The van der Waals surface area contributed by atoms with Crippen molar-refractivity contribution in [1.82, 2.24) is 9.55 Å². The molecule has 2 aliphatic rings. The van der Waals surface area contributed by atoms with Crippen molar-refractivity contribution in [2.45, 2.75) is 57.6 Å². The predicted molar refractivity (Wildman–Crippen MR) is 142 cm³/mol. The maximum Gasteiger partial charge on any atom is 0.330 e. The zero-order chi connectivity index (χ0) is 26.4. The Kier molecular flexibility index (Phi) is 6.55. The van der Waals surface area contributed by atoms with Crippen LogP contribution in [0.1, 0.15) is 39.0 Å². The smallest absolute Gasteiger partial charge is 0.330 e. The van der Waals surface area contributed by atoms with Gasteiger partial charge in [-0.25, -0.2) is 4.79 Å². The van der Waals surface area contributed by atoms with Gasteiger partial charge in [0.05, 0.1) is 18.9 Å². The monoisotopic (exact) mass is 520 g/mol. The molecule has 5 rings (SSSR count). The molecule has 4 atom stereocenters. The largest absolute Gasteiger partial charge is 0.459 e. The second-order valence-corrected chi connectivity index (χ2v) is 15.1. The van der Waals surface area contributed by atoms with Crippen LogP contribution < -0.4 is 21.6 Å². The second kappa shape index (κ2) is 9.55. The number of aromatic amines is 1. The summed E-state index contributed by atoms with van der Waals surface area (Å²) in [5.41, 5.74) is -0.634. The van der Waals surface area contributed by atoms with E-state index < -0.39 is 38.0 Å². The quantitative estimate of drug-likeness (QED) is 0.395. The van der Waals surface area contributed by atoms with Gasteiger partial charge in [-0.15, -0.1) is 0 Å². The number of fused-ring (bicyclic) bond motifs is 1. The molecule has 0 amide bonds. The molecule has 1 N–H and O–H groups in total. The highest BCUT2D eigenvalue weighted by Crippen LogP contribution is 2.44. The topological polar surface area (TPSA) is 99.6 Å². The molecule has 0 unspecified atom stereocenters. The van der Waals surface area contributed by atoms with Crippen molar-refractivity contribution in [2.75, 3.05) is 6.61 Å². The van der Waals surface area contributed by atoms with Crippen LogP contribution in [0.2, 0.25) is 5.04 Å². The Morgan fingerprint density at radius 2 is 1.59 bits per heavy atom. The molecule has 0 spiro atoms. The first-order valence-electron chi connectivity index (χ1n) is 12.5. The zero-order valence-electron chi connectivity index (χ0n) is 21.5. The lowest BCUT2D eigenvalue weighted by Crippen LogP contribution is -2.67. The fourth-order valence-corrected chi connectivity index (χ4v) is 10.3. The fourth-order valence-electron chi connectivity index (χ4n) is 5.72. The first-order chi connectivity index (χ1) is 17.6.